The van der Waals surface area contributed by atoms with Crippen LogP contribution in [0.5, 0.6) is 5.75 Å². The summed E-state index contributed by atoms with van der Waals surface area (Å²) >= 11 is 0. The number of phenols is 1. The van der Waals surface area contributed by atoms with Crippen LogP contribution in [-0.4, -0.2) is 101 Å². The van der Waals surface area contributed by atoms with Crippen LogP contribution < -0.4 is 10.6 Å². The molecule has 23 heteroatoms. The van der Waals surface area contributed by atoms with Crippen molar-refractivity contribution < 1.29 is 33.3 Å². The van der Waals surface area contributed by atoms with Crippen LogP contribution in [0, 0.1) is 59.6 Å². The number of benzene rings is 2. The van der Waals surface area contributed by atoms with Gasteiger partial charge in [0.1, 0.15) is 41.9 Å². The van der Waals surface area contributed by atoms with Crippen LogP contribution in [0.4, 0.5) is 43.4 Å². The average Bonchev–Trinajstić information content (AvgIpc) is 3.81. The number of aromatic nitrogens is 8. The number of nitro groups is 2. The van der Waals surface area contributed by atoms with Crippen LogP contribution in [0.2, 0.25) is 0 Å². The highest BCUT2D eigenvalue weighted by Gasteiger charge is 2.28. The van der Waals surface area contributed by atoms with Crippen LogP contribution in [0.1, 0.15) is 61.6 Å². The molecule has 0 fully saturated rings. The van der Waals surface area contributed by atoms with E-state index in [1.54, 1.807) is 47.6 Å². The molecule has 6 aromatic heterocycles. The number of hydrogen-bond acceptors (Lipinski definition) is 15. The maximum Gasteiger partial charge on any atom is 0.293 e. The highest BCUT2D eigenvalue weighted by Crippen LogP contribution is 2.40. The molecule has 2 aliphatic heterocycles. The normalized spacial score (nSPS) is 13.7. The molecule has 2 aromatic carbocycles. The van der Waals surface area contributed by atoms with Crippen LogP contribution in [0.3, 0.4) is 0 Å². The molecule has 0 saturated heterocycles. The molecule has 0 spiro atoms. The van der Waals surface area contributed by atoms with Gasteiger partial charge in [-0.05, 0) is 96.5 Å². The van der Waals surface area contributed by atoms with E-state index in [4.69, 9.17) is 0 Å². The fourth-order valence-corrected chi connectivity index (χ4v) is 9.70. The molecule has 0 radical (unpaired) electrons. The van der Waals surface area contributed by atoms with Crippen molar-refractivity contribution in [3.05, 3.63) is 133 Å². The minimum Gasteiger partial charge on any atom is -0.504 e. The quantitative estimate of drug-likeness (QED) is 0.0852. The van der Waals surface area contributed by atoms with Gasteiger partial charge in [0, 0.05) is 130 Å². The summed E-state index contributed by atoms with van der Waals surface area (Å²) in [6, 6.07) is 11.9. The van der Waals surface area contributed by atoms with E-state index in [2.05, 4.69) is 40.8 Å². The molecule has 386 valence electrons. The number of pyridine rings is 4. The number of aryl methyl sites for hydroxylation is 2. The second-order valence-corrected chi connectivity index (χ2v) is 19.1. The summed E-state index contributed by atoms with van der Waals surface area (Å²) in [6.07, 6.45) is 7.08. The number of halogens is 2. The predicted octanol–water partition coefficient (Wildman–Crippen LogP) is 9.09. The van der Waals surface area contributed by atoms with Gasteiger partial charge < -0.3 is 25.5 Å². The lowest BCUT2D eigenvalue weighted by Crippen LogP contribution is -2.38. The zero-order valence-electron chi connectivity index (χ0n) is 42.3. The van der Waals surface area contributed by atoms with Crippen molar-refractivity contribution in [2.24, 2.45) is 0 Å². The number of fused-ring (bicyclic) bond motifs is 4. The first kappa shape index (κ1) is 50.9. The molecule has 3 N–H and O–H groups in total. The molecule has 0 unspecified atom stereocenters. The third kappa shape index (κ3) is 9.95. The number of nitrogens with zero attached hydrogens (tertiary/aromatic N) is 12. The predicted molar refractivity (Wildman–Crippen MR) is 276 cm³/mol. The average molecular weight is 1020 g/mol. The Labute approximate surface area is 427 Å². The second kappa shape index (κ2) is 20.1. The lowest BCUT2D eigenvalue weighted by molar-refractivity contribution is -0.386. The van der Waals surface area contributed by atoms with Gasteiger partial charge in [0.2, 0.25) is 11.8 Å². The first-order valence-corrected chi connectivity index (χ1v) is 24.1. The Balaban J connectivity index is 0.000000184. The Morgan fingerprint density at radius 3 is 1.55 bits per heavy atom. The number of carbonyl (C=O) groups is 2. The first-order valence-electron chi connectivity index (χ1n) is 24.1. The topological polar surface area (TPSA) is 258 Å². The van der Waals surface area contributed by atoms with Crippen LogP contribution in [-0.2, 0) is 35.5 Å². The van der Waals surface area contributed by atoms with E-state index < -0.39 is 27.2 Å². The van der Waals surface area contributed by atoms with Crippen molar-refractivity contribution in [1.82, 2.24) is 49.3 Å². The number of anilines is 4. The first-order chi connectivity index (χ1) is 35.7. The van der Waals surface area contributed by atoms with Crippen LogP contribution in [0.15, 0.2) is 67.3 Å². The minimum atomic E-state index is -0.916. The van der Waals surface area contributed by atoms with Crippen molar-refractivity contribution in [2.75, 3.05) is 23.7 Å². The maximum atomic E-state index is 15.2. The molecule has 2 aliphatic rings. The Hall–Kier alpha value is -9.02. The van der Waals surface area contributed by atoms with Crippen molar-refractivity contribution in [1.29, 1.82) is 0 Å². The second-order valence-electron chi connectivity index (χ2n) is 19.1. The molecule has 21 nitrogen and oxygen atoms in total. The molecule has 8 aromatic rings. The van der Waals surface area contributed by atoms with Crippen LogP contribution in [0.25, 0.3) is 43.8 Å². The van der Waals surface area contributed by atoms with E-state index in [1.807, 2.05) is 49.6 Å². The monoisotopic (exact) mass is 1020 g/mol. The highest BCUT2D eigenvalue weighted by atomic mass is 19.1. The molecule has 75 heavy (non-hydrogen) atoms. The Bertz CT molecular complexity index is 3650. The maximum absolute atomic E-state index is 15.2. The number of nitrogens with one attached hydrogen (secondary N) is 2. The number of carbonyl (C=O) groups excluding carboxylic acids is 2. The number of amides is 2. The summed E-state index contributed by atoms with van der Waals surface area (Å²) < 4.78 is 33.7. The summed E-state index contributed by atoms with van der Waals surface area (Å²) in [6.45, 7) is 15.7. The summed E-state index contributed by atoms with van der Waals surface area (Å²) in [4.78, 5) is 67.7. The van der Waals surface area contributed by atoms with Crippen molar-refractivity contribution >= 4 is 68.0 Å². The number of aromatic hydroxyl groups is 1. The third-order valence-corrected chi connectivity index (χ3v) is 13.6. The Morgan fingerprint density at radius 1 is 0.587 bits per heavy atom. The molecule has 10 rings (SSSR count). The standard InChI is InChI=1S/C26H26FN7O4.C26H26FN7O3/c1-13(2)32-6-5-17-9-22(31-33(17)12-23(32)35)30-21-8-16-7-18(24(27)26(36)20(16)11-29-21)19-10-28-15(4)25(14(19)3)34(37)38;1-14(2)32-6-5-19-10-24(31-33(19)13-25(32)35)30-23-9-17-7-20(22(27)8-18(17)11-29-23)21-12-28-16(4)26(15(21)3)34(36)37/h7-11,13,36H,5-6,12H2,1-4H3,(H,29,30,31);7-12,14H,5-6,13H2,1-4H3,(H,29,30,31). The van der Waals surface area contributed by atoms with Gasteiger partial charge in [-0.15, -0.1) is 0 Å². The van der Waals surface area contributed by atoms with E-state index in [0.29, 0.717) is 76.5 Å². The van der Waals surface area contributed by atoms with Crippen LogP contribution >= 0.6 is 0 Å². The molecule has 0 saturated carbocycles. The molecular formula is C52H52F2N14O7. The molecule has 8 heterocycles. The summed E-state index contributed by atoms with van der Waals surface area (Å²) in [5.74, 6) is -0.0622. The summed E-state index contributed by atoms with van der Waals surface area (Å²) in [7, 11) is 0. The zero-order valence-corrected chi connectivity index (χ0v) is 42.3. The largest absolute Gasteiger partial charge is 0.504 e. The molecule has 2 amide bonds. The van der Waals surface area contributed by atoms with Gasteiger partial charge in [0.05, 0.1) is 9.85 Å². The summed E-state index contributed by atoms with van der Waals surface area (Å²) in [5, 5.41) is 50.9. The van der Waals surface area contributed by atoms with E-state index >= 15 is 8.78 Å². The van der Waals surface area contributed by atoms with Gasteiger partial charge in [-0.25, -0.2) is 18.7 Å². The molecule has 0 bridgehead atoms. The Morgan fingerprint density at radius 2 is 1.05 bits per heavy atom. The summed E-state index contributed by atoms with van der Waals surface area (Å²) in [5.41, 5.74) is 3.42. The molecular weight excluding hydrogens is 971 g/mol. The number of hydrogen-bond donors (Lipinski definition) is 3. The highest BCUT2D eigenvalue weighted by molar-refractivity contribution is 5.95. The minimum absolute atomic E-state index is 0.00314. The fraction of sp³-hybridized carbons (Fsp3) is 0.308. The lowest BCUT2D eigenvalue weighted by atomic mass is 9.97. The molecule has 0 aliphatic carbocycles. The zero-order chi connectivity index (χ0) is 53.7. The fourth-order valence-electron chi connectivity index (χ4n) is 9.70. The van der Waals surface area contributed by atoms with Gasteiger partial charge >= 0.3 is 0 Å². The van der Waals surface area contributed by atoms with Crippen molar-refractivity contribution in [3.63, 3.8) is 0 Å². The van der Waals surface area contributed by atoms with Gasteiger partial charge in [0.15, 0.2) is 23.2 Å². The van der Waals surface area contributed by atoms with Gasteiger partial charge in [-0.1, -0.05) is 0 Å². The van der Waals surface area contributed by atoms with Gasteiger partial charge in [-0.3, -0.25) is 49.1 Å². The van der Waals surface area contributed by atoms with Crippen molar-refractivity contribution in [2.45, 2.75) is 93.4 Å². The lowest BCUT2D eigenvalue weighted by Gasteiger charge is -2.24. The van der Waals surface area contributed by atoms with E-state index in [9.17, 15) is 34.9 Å². The number of rotatable bonds is 10. The third-order valence-electron chi connectivity index (χ3n) is 13.6. The van der Waals surface area contributed by atoms with Gasteiger partial charge in [-0.2, -0.15) is 10.2 Å². The van der Waals surface area contributed by atoms with Gasteiger partial charge in [0.25, 0.3) is 11.4 Å². The van der Waals surface area contributed by atoms with E-state index in [1.165, 1.54) is 44.6 Å². The Kier molecular flexibility index (Phi) is 13.7. The molecule has 0 atom stereocenters. The van der Waals surface area contributed by atoms with Crippen molar-refractivity contribution in [3.8, 4) is 28.0 Å². The van der Waals surface area contributed by atoms with E-state index in [-0.39, 0.29) is 87.4 Å². The smallest absolute Gasteiger partial charge is 0.293 e. The van der Waals surface area contributed by atoms with E-state index in [0.717, 1.165) is 11.4 Å². The SMILES string of the molecule is Cc1ncc(-c2cc3cc(Nc4cc5n(n4)CC(=O)N(C(C)C)CC5)ncc3c(O)c2F)c(C)c1[N+](=O)[O-].Cc1ncc(-c2cc3cc(Nc4cc5n(n4)CC(=O)N(C(C)C)CC5)ncc3cc2F)c(C)c1[N+](=O)[O-]. The number of phenolic OH excluding ortho intramolecular Hbond substituents is 1.